The number of piperidine rings is 1. The Morgan fingerprint density at radius 2 is 2.24 bits per heavy atom. The summed E-state index contributed by atoms with van der Waals surface area (Å²) in [5.41, 5.74) is 5.24. The van der Waals surface area contributed by atoms with E-state index < -0.39 is 0 Å². The first kappa shape index (κ1) is 15.5. The molecule has 0 aliphatic carbocycles. The highest BCUT2D eigenvalue weighted by Crippen LogP contribution is 2.29. The largest absolute Gasteiger partial charge is 0.472 e. The predicted molar refractivity (Wildman–Crippen MR) is 81.2 cm³/mol. The van der Waals surface area contributed by atoms with Crippen LogP contribution in [0.25, 0.3) is 0 Å². The van der Waals surface area contributed by atoms with E-state index in [1.54, 1.807) is 12.4 Å². The van der Waals surface area contributed by atoms with Crippen molar-refractivity contribution in [3.05, 3.63) is 12.4 Å². The minimum absolute atomic E-state index is 0.0656. The highest BCUT2D eigenvalue weighted by Gasteiger charge is 2.24. The Hall–Kier alpha value is -1.85. The van der Waals surface area contributed by atoms with Gasteiger partial charge in [-0.25, -0.2) is 9.97 Å². The second-order valence-corrected chi connectivity index (χ2v) is 5.81. The van der Waals surface area contributed by atoms with Gasteiger partial charge >= 0.3 is 0 Å². The zero-order valence-electron chi connectivity index (χ0n) is 12.8. The number of nitrogens with zero attached hydrogens (tertiary/aromatic N) is 3. The molecule has 1 unspecified atom stereocenters. The number of primary amides is 1. The Balaban J connectivity index is 2.05. The van der Waals surface area contributed by atoms with E-state index in [2.05, 4.69) is 14.9 Å². The molecule has 1 aliphatic heterocycles. The van der Waals surface area contributed by atoms with E-state index in [1.165, 1.54) is 0 Å². The van der Waals surface area contributed by atoms with Gasteiger partial charge in [0.25, 0.3) is 5.88 Å². The molecule has 1 aliphatic rings. The van der Waals surface area contributed by atoms with Crippen molar-refractivity contribution in [3.8, 4) is 5.88 Å². The van der Waals surface area contributed by atoms with E-state index in [1.807, 2.05) is 13.8 Å². The fraction of sp³-hybridized carbons (Fsp3) is 0.667. The maximum Gasteiger partial charge on any atom is 0.257 e. The van der Waals surface area contributed by atoms with Crippen LogP contribution in [0, 0.1) is 5.92 Å². The third kappa shape index (κ3) is 4.58. The minimum atomic E-state index is -0.226. The lowest BCUT2D eigenvalue weighted by Gasteiger charge is -2.34. The van der Waals surface area contributed by atoms with Crippen molar-refractivity contribution in [2.75, 3.05) is 18.0 Å². The van der Waals surface area contributed by atoms with E-state index in [-0.39, 0.29) is 12.0 Å². The van der Waals surface area contributed by atoms with Crippen LogP contribution in [0.1, 0.15) is 39.5 Å². The van der Waals surface area contributed by atoms with Crippen LogP contribution in [0.3, 0.4) is 0 Å². The molecule has 2 N–H and O–H groups in total. The highest BCUT2D eigenvalue weighted by atomic mass is 16.5. The average molecular weight is 292 g/mol. The monoisotopic (exact) mass is 292 g/mol. The summed E-state index contributed by atoms with van der Waals surface area (Å²) < 4.78 is 5.74. The van der Waals surface area contributed by atoms with Crippen molar-refractivity contribution in [3.63, 3.8) is 0 Å². The van der Waals surface area contributed by atoms with Crippen LogP contribution in [0.4, 0.5) is 5.82 Å². The quantitative estimate of drug-likeness (QED) is 0.863. The van der Waals surface area contributed by atoms with Gasteiger partial charge in [0.15, 0.2) is 5.82 Å². The summed E-state index contributed by atoms with van der Waals surface area (Å²) in [5, 5.41) is 0. The maximum atomic E-state index is 10.9. The van der Waals surface area contributed by atoms with Gasteiger partial charge in [0.1, 0.15) is 0 Å². The Bertz CT molecular complexity index is 478. The molecule has 21 heavy (non-hydrogen) atoms. The van der Waals surface area contributed by atoms with Crippen molar-refractivity contribution >= 4 is 11.7 Å². The van der Waals surface area contributed by atoms with Gasteiger partial charge in [0, 0.05) is 31.9 Å². The van der Waals surface area contributed by atoms with E-state index in [4.69, 9.17) is 10.5 Å². The Morgan fingerprint density at radius 3 is 2.95 bits per heavy atom. The fourth-order valence-corrected chi connectivity index (χ4v) is 2.68. The SMILES string of the molecule is CC(C)Oc1nccnc1N1CCCC(CCC(N)=O)C1. The number of ether oxygens (including phenoxy) is 1. The molecule has 6 heteroatoms. The first-order valence-corrected chi connectivity index (χ1v) is 7.57. The van der Waals surface area contributed by atoms with Crippen LogP contribution in [-0.4, -0.2) is 35.1 Å². The number of amides is 1. The molecule has 0 bridgehead atoms. The van der Waals surface area contributed by atoms with Gasteiger partial charge in [-0.15, -0.1) is 0 Å². The molecule has 1 saturated heterocycles. The molecule has 1 amide bonds. The molecule has 6 nitrogen and oxygen atoms in total. The lowest BCUT2D eigenvalue weighted by molar-refractivity contribution is -0.118. The normalized spacial score (nSPS) is 18.8. The number of anilines is 1. The van der Waals surface area contributed by atoms with Gasteiger partial charge in [-0.2, -0.15) is 0 Å². The summed E-state index contributed by atoms with van der Waals surface area (Å²) in [6, 6.07) is 0. The molecule has 1 aromatic rings. The molecular formula is C15H24N4O2. The van der Waals surface area contributed by atoms with Crippen LogP contribution in [0.2, 0.25) is 0 Å². The fourth-order valence-electron chi connectivity index (χ4n) is 2.68. The van der Waals surface area contributed by atoms with Gasteiger partial charge in [0.2, 0.25) is 5.91 Å². The number of hydrogen-bond acceptors (Lipinski definition) is 5. The van der Waals surface area contributed by atoms with Gasteiger partial charge in [-0.1, -0.05) is 0 Å². The van der Waals surface area contributed by atoms with Crippen LogP contribution < -0.4 is 15.4 Å². The summed E-state index contributed by atoms with van der Waals surface area (Å²) in [6.45, 7) is 5.77. The maximum absolute atomic E-state index is 10.9. The van der Waals surface area contributed by atoms with Crippen molar-refractivity contribution < 1.29 is 9.53 Å². The van der Waals surface area contributed by atoms with Gasteiger partial charge in [-0.05, 0) is 39.0 Å². The number of aromatic nitrogens is 2. The van der Waals surface area contributed by atoms with Crippen molar-refractivity contribution in [2.45, 2.75) is 45.6 Å². The molecule has 2 heterocycles. The standard InChI is InChI=1S/C15H24N4O2/c1-11(2)21-15-14(17-7-8-18-15)19-9-3-4-12(10-19)5-6-13(16)20/h7-8,11-12H,3-6,9-10H2,1-2H3,(H2,16,20). The Labute approximate surface area is 125 Å². The topological polar surface area (TPSA) is 81.3 Å². The van der Waals surface area contributed by atoms with Gasteiger partial charge in [-0.3, -0.25) is 4.79 Å². The van der Waals surface area contributed by atoms with E-state index in [0.29, 0.717) is 18.2 Å². The van der Waals surface area contributed by atoms with Crippen molar-refractivity contribution in [1.29, 1.82) is 0 Å². The number of rotatable bonds is 6. The summed E-state index contributed by atoms with van der Waals surface area (Å²) in [4.78, 5) is 21.9. The van der Waals surface area contributed by atoms with Crippen LogP contribution in [-0.2, 0) is 4.79 Å². The third-order valence-corrected chi connectivity index (χ3v) is 3.61. The van der Waals surface area contributed by atoms with E-state index in [9.17, 15) is 4.79 Å². The Morgan fingerprint density at radius 1 is 1.48 bits per heavy atom. The van der Waals surface area contributed by atoms with Crippen molar-refractivity contribution in [2.24, 2.45) is 11.7 Å². The molecule has 0 saturated carbocycles. The third-order valence-electron chi connectivity index (χ3n) is 3.61. The van der Waals surface area contributed by atoms with Gasteiger partial charge < -0.3 is 15.4 Å². The number of hydrogen-bond donors (Lipinski definition) is 1. The summed E-state index contributed by atoms with van der Waals surface area (Å²) >= 11 is 0. The lowest BCUT2D eigenvalue weighted by atomic mass is 9.93. The smallest absolute Gasteiger partial charge is 0.257 e. The molecule has 0 spiro atoms. The van der Waals surface area contributed by atoms with Crippen molar-refractivity contribution in [1.82, 2.24) is 9.97 Å². The second kappa shape index (κ2) is 7.24. The zero-order chi connectivity index (χ0) is 15.2. The average Bonchev–Trinajstić information content (AvgIpc) is 2.45. The number of nitrogens with two attached hydrogens (primary N) is 1. The minimum Gasteiger partial charge on any atom is -0.472 e. The molecule has 1 atom stereocenters. The molecule has 1 aromatic heterocycles. The molecule has 116 valence electrons. The predicted octanol–water partition coefficient (Wildman–Crippen LogP) is 1.75. The number of carbonyl (C=O) groups is 1. The zero-order valence-corrected chi connectivity index (χ0v) is 12.8. The summed E-state index contributed by atoms with van der Waals surface area (Å²) in [7, 11) is 0. The van der Waals surface area contributed by atoms with Gasteiger partial charge in [0.05, 0.1) is 6.10 Å². The first-order valence-electron chi connectivity index (χ1n) is 7.57. The summed E-state index contributed by atoms with van der Waals surface area (Å²) in [6.07, 6.45) is 6.91. The molecular weight excluding hydrogens is 268 g/mol. The molecule has 0 radical (unpaired) electrons. The second-order valence-electron chi connectivity index (χ2n) is 5.81. The number of carbonyl (C=O) groups excluding carboxylic acids is 1. The molecule has 1 fully saturated rings. The van der Waals surface area contributed by atoms with E-state index >= 15 is 0 Å². The first-order chi connectivity index (χ1) is 10.1. The van der Waals surface area contributed by atoms with Crippen LogP contribution in [0.15, 0.2) is 12.4 Å². The molecule has 0 aromatic carbocycles. The van der Waals surface area contributed by atoms with Crippen LogP contribution in [0.5, 0.6) is 5.88 Å². The summed E-state index contributed by atoms with van der Waals surface area (Å²) in [5.74, 6) is 1.63. The molecule has 2 rings (SSSR count). The lowest BCUT2D eigenvalue weighted by Crippen LogP contribution is -2.36. The van der Waals surface area contributed by atoms with E-state index in [0.717, 1.165) is 38.2 Å². The Kier molecular flexibility index (Phi) is 5.36. The van der Waals surface area contributed by atoms with Crippen LogP contribution >= 0.6 is 0 Å². The highest BCUT2D eigenvalue weighted by molar-refractivity contribution is 5.73.